The molecule has 1 unspecified atom stereocenters. The highest BCUT2D eigenvalue weighted by molar-refractivity contribution is 8.15. The fraction of sp³-hybridized carbons (Fsp3) is 0.462. The molecule has 3 rings (SSSR count). The molecule has 0 amide bonds. The fourth-order valence-electron chi connectivity index (χ4n) is 2.17. The summed E-state index contributed by atoms with van der Waals surface area (Å²) in [5.74, 6) is 0.663. The van der Waals surface area contributed by atoms with Crippen molar-refractivity contribution in [3.8, 4) is 0 Å². The Morgan fingerprint density at radius 3 is 2.70 bits per heavy atom. The standard InChI is InChI=1S/C13H12ClF3N2S/c14-9-3-1-2-8(13(15,16)17)11(9)19-12-18-6-10(20-12)7-4-5-7/h1-3,7,10H,4-6H2,(H,18,19). The molecular formula is C13H12ClF3N2S. The molecule has 1 saturated carbocycles. The first-order valence-electron chi connectivity index (χ1n) is 6.29. The van der Waals surface area contributed by atoms with E-state index in [1.165, 1.54) is 36.7 Å². The third-order valence-corrected chi connectivity index (χ3v) is 4.98. The Balaban J connectivity index is 1.80. The van der Waals surface area contributed by atoms with Crippen LogP contribution in [0.3, 0.4) is 0 Å². The van der Waals surface area contributed by atoms with Crippen LogP contribution in [0.2, 0.25) is 5.02 Å². The zero-order valence-corrected chi connectivity index (χ0v) is 11.9. The number of amidine groups is 1. The Morgan fingerprint density at radius 2 is 2.05 bits per heavy atom. The highest BCUT2D eigenvalue weighted by Gasteiger charge is 2.37. The van der Waals surface area contributed by atoms with Gasteiger partial charge in [-0.1, -0.05) is 29.4 Å². The minimum Gasteiger partial charge on any atom is -0.333 e. The van der Waals surface area contributed by atoms with Gasteiger partial charge >= 0.3 is 6.18 Å². The van der Waals surface area contributed by atoms with Crippen molar-refractivity contribution < 1.29 is 13.2 Å². The van der Waals surface area contributed by atoms with Crippen molar-refractivity contribution in [3.63, 3.8) is 0 Å². The average molecular weight is 321 g/mol. The van der Waals surface area contributed by atoms with Crippen LogP contribution in [0.25, 0.3) is 0 Å². The lowest BCUT2D eigenvalue weighted by Gasteiger charge is -2.16. The van der Waals surface area contributed by atoms with Gasteiger partial charge in [0, 0.05) is 5.25 Å². The summed E-state index contributed by atoms with van der Waals surface area (Å²) in [6.07, 6.45) is -2.05. The maximum atomic E-state index is 13.0. The number of anilines is 1. The quantitative estimate of drug-likeness (QED) is 0.857. The third-order valence-electron chi connectivity index (χ3n) is 3.38. The lowest BCUT2D eigenvalue weighted by molar-refractivity contribution is -0.136. The van der Waals surface area contributed by atoms with Crippen LogP contribution in [0.5, 0.6) is 0 Å². The van der Waals surface area contributed by atoms with Gasteiger partial charge in [-0.3, -0.25) is 4.99 Å². The number of aliphatic imine (C=N–C) groups is 1. The largest absolute Gasteiger partial charge is 0.418 e. The van der Waals surface area contributed by atoms with Crippen molar-refractivity contribution in [1.29, 1.82) is 0 Å². The normalized spacial score (nSPS) is 22.8. The first kappa shape index (κ1) is 14.1. The van der Waals surface area contributed by atoms with Crippen LogP contribution >= 0.6 is 23.4 Å². The molecule has 1 aromatic rings. The van der Waals surface area contributed by atoms with Gasteiger partial charge in [0.05, 0.1) is 22.8 Å². The van der Waals surface area contributed by atoms with E-state index < -0.39 is 11.7 Å². The first-order valence-corrected chi connectivity index (χ1v) is 7.55. The molecule has 1 N–H and O–H groups in total. The van der Waals surface area contributed by atoms with Crippen molar-refractivity contribution in [2.24, 2.45) is 10.9 Å². The summed E-state index contributed by atoms with van der Waals surface area (Å²) < 4.78 is 38.9. The second-order valence-corrected chi connectivity index (χ2v) is 6.56. The van der Waals surface area contributed by atoms with Crippen LogP contribution < -0.4 is 5.32 Å². The Morgan fingerprint density at radius 1 is 1.30 bits per heavy atom. The molecule has 1 fully saturated rings. The summed E-state index contributed by atoms with van der Waals surface area (Å²) in [4.78, 5) is 4.28. The summed E-state index contributed by atoms with van der Waals surface area (Å²) in [7, 11) is 0. The number of thioether (sulfide) groups is 1. The number of para-hydroxylation sites is 1. The van der Waals surface area contributed by atoms with E-state index >= 15 is 0 Å². The lowest BCUT2D eigenvalue weighted by atomic mass is 10.1. The van der Waals surface area contributed by atoms with E-state index in [-0.39, 0.29) is 10.7 Å². The van der Waals surface area contributed by atoms with Crippen molar-refractivity contribution in [1.82, 2.24) is 0 Å². The molecule has 0 radical (unpaired) electrons. The number of hydrogen-bond donors (Lipinski definition) is 1. The third kappa shape index (κ3) is 2.91. The molecule has 1 aliphatic carbocycles. The van der Waals surface area contributed by atoms with Crippen molar-refractivity contribution >= 4 is 34.2 Å². The number of halogens is 4. The molecule has 2 aliphatic rings. The Bertz CT molecular complexity index is 555. The highest BCUT2D eigenvalue weighted by Crippen LogP contribution is 2.43. The van der Waals surface area contributed by atoms with Crippen LogP contribution in [0.4, 0.5) is 18.9 Å². The molecule has 0 spiro atoms. The van der Waals surface area contributed by atoms with Crippen LogP contribution in [0, 0.1) is 5.92 Å². The molecule has 1 aliphatic heterocycles. The Kier molecular flexibility index (Phi) is 3.62. The first-order chi connectivity index (χ1) is 9.45. The summed E-state index contributed by atoms with van der Waals surface area (Å²) >= 11 is 7.42. The van der Waals surface area contributed by atoms with E-state index in [1.807, 2.05) is 0 Å². The number of rotatable bonds is 2. The maximum absolute atomic E-state index is 13.0. The van der Waals surface area contributed by atoms with E-state index in [1.54, 1.807) is 0 Å². The molecule has 108 valence electrons. The number of benzene rings is 1. The predicted molar refractivity (Wildman–Crippen MR) is 76.5 cm³/mol. The van der Waals surface area contributed by atoms with Gasteiger partial charge in [-0.15, -0.1) is 0 Å². The van der Waals surface area contributed by atoms with Gasteiger partial charge < -0.3 is 5.32 Å². The maximum Gasteiger partial charge on any atom is 0.418 e. The number of nitrogens with zero attached hydrogens (tertiary/aromatic N) is 1. The fourth-order valence-corrected chi connectivity index (χ4v) is 3.60. The summed E-state index contributed by atoms with van der Waals surface area (Å²) in [6, 6.07) is 3.76. The molecule has 2 nitrogen and oxygen atoms in total. The van der Waals surface area contributed by atoms with E-state index in [4.69, 9.17) is 11.6 Å². The van der Waals surface area contributed by atoms with E-state index in [0.717, 1.165) is 6.07 Å². The molecule has 0 saturated heterocycles. The Hall–Kier alpha value is -0.880. The molecule has 1 aromatic carbocycles. The summed E-state index contributed by atoms with van der Waals surface area (Å²) in [5.41, 5.74) is -0.868. The van der Waals surface area contributed by atoms with Crippen LogP contribution in [0.15, 0.2) is 23.2 Å². The van der Waals surface area contributed by atoms with Crippen molar-refractivity contribution in [3.05, 3.63) is 28.8 Å². The molecule has 20 heavy (non-hydrogen) atoms. The van der Waals surface area contributed by atoms with Crippen LogP contribution in [-0.4, -0.2) is 17.0 Å². The molecule has 0 bridgehead atoms. The predicted octanol–water partition coefficient (Wildman–Crippen LogP) is 4.65. The second-order valence-electron chi connectivity index (χ2n) is 4.92. The topological polar surface area (TPSA) is 24.4 Å². The summed E-state index contributed by atoms with van der Waals surface area (Å²) in [5, 5.41) is 3.74. The minimum absolute atomic E-state index is 0.0537. The van der Waals surface area contributed by atoms with Crippen LogP contribution in [0.1, 0.15) is 18.4 Å². The van der Waals surface area contributed by atoms with Crippen LogP contribution in [-0.2, 0) is 6.18 Å². The summed E-state index contributed by atoms with van der Waals surface area (Å²) in [6.45, 7) is 0.670. The van der Waals surface area contributed by atoms with Crippen molar-refractivity contribution in [2.75, 3.05) is 11.9 Å². The van der Waals surface area contributed by atoms with Gasteiger partial charge in [0.1, 0.15) is 0 Å². The minimum atomic E-state index is -4.44. The van der Waals surface area contributed by atoms with Crippen molar-refractivity contribution in [2.45, 2.75) is 24.3 Å². The number of nitrogens with one attached hydrogen (secondary N) is 1. The second kappa shape index (κ2) is 5.15. The number of hydrogen-bond acceptors (Lipinski definition) is 3. The Labute approximate surface area is 123 Å². The zero-order valence-electron chi connectivity index (χ0n) is 10.4. The van der Waals surface area contributed by atoms with Gasteiger partial charge in [0.25, 0.3) is 0 Å². The molecule has 1 atom stereocenters. The zero-order chi connectivity index (χ0) is 14.3. The van der Waals surface area contributed by atoms with E-state index in [2.05, 4.69) is 10.3 Å². The molecule has 1 heterocycles. The van der Waals surface area contributed by atoms with Gasteiger partial charge in [0.2, 0.25) is 0 Å². The molecule has 0 aromatic heterocycles. The van der Waals surface area contributed by atoms with Gasteiger partial charge in [-0.2, -0.15) is 13.2 Å². The smallest absolute Gasteiger partial charge is 0.333 e. The monoisotopic (exact) mass is 320 g/mol. The van der Waals surface area contributed by atoms with E-state index in [0.29, 0.717) is 22.9 Å². The average Bonchev–Trinajstić information content (AvgIpc) is 3.11. The lowest BCUT2D eigenvalue weighted by Crippen LogP contribution is -2.14. The molecular weight excluding hydrogens is 309 g/mol. The van der Waals surface area contributed by atoms with Gasteiger partial charge in [0.15, 0.2) is 5.17 Å². The number of alkyl halides is 3. The highest BCUT2D eigenvalue weighted by atomic mass is 35.5. The van der Waals surface area contributed by atoms with E-state index in [9.17, 15) is 13.2 Å². The van der Waals surface area contributed by atoms with Gasteiger partial charge in [-0.05, 0) is 30.9 Å². The molecule has 7 heteroatoms. The van der Waals surface area contributed by atoms with Gasteiger partial charge in [-0.25, -0.2) is 0 Å². The SMILES string of the molecule is FC(F)(F)c1cccc(Cl)c1NC1=NCC(C2CC2)S1.